The van der Waals surface area contributed by atoms with E-state index in [1.54, 1.807) is 0 Å². The minimum absolute atomic E-state index is 0.185. The van der Waals surface area contributed by atoms with Crippen molar-refractivity contribution in [3.05, 3.63) is 0 Å². The topological polar surface area (TPSA) is 44.4 Å². The molecule has 2 atom stereocenters. The van der Waals surface area contributed by atoms with Crippen molar-refractivity contribution in [2.24, 2.45) is 5.92 Å². The molecule has 0 aliphatic carbocycles. The van der Waals surface area contributed by atoms with E-state index in [1.165, 1.54) is 0 Å². The van der Waals surface area contributed by atoms with Gasteiger partial charge in [-0.3, -0.25) is 4.79 Å². The molecule has 2 saturated heterocycles. The molecular formula is C11H21N3O. The smallest absolute Gasteiger partial charge is 0.227 e. The van der Waals surface area contributed by atoms with Crippen LogP contribution in [0.15, 0.2) is 0 Å². The standard InChI is InChI=1S/C11H21N3O/c1-8-10(4-3-5-13-8)11(15)14(2)9-6-12-7-9/h8-10,12-13H,3-7H2,1-2H3/t8-,10-/m1/s1. The van der Waals surface area contributed by atoms with Gasteiger partial charge in [-0.15, -0.1) is 0 Å². The predicted octanol–water partition coefficient (Wildman–Crippen LogP) is -0.195. The van der Waals surface area contributed by atoms with Crippen molar-refractivity contribution >= 4 is 5.91 Å². The highest BCUT2D eigenvalue weighted by Crippen LogP contribution is 2.20. The maximum atomic E-state index is 12.2. The number of hydrogen-bond donors (Lipinski definition) is 2. The molecule has 0 aromatic heterocycles. The number of carbonyl (C=O) groups is 1. The lowest BCUT2D eigenvalue weighted by molar-refractivity contribution is -0.138. The molecule has 2 N–H and O–H groups in total. The average Bonchev–Trinajstić information content (AvgIpc) is 2.15. The third-order valence-corrected chi connectivity index (χ3v) is 3.73. The molecule has 2 aliphatic rings. The summed E-state index contributed by atoms with van der Waals surface area (Å²) in [6, 6.07) is 0.758. The summed E-state index contributed by atoms with van der Waals surface area (Å²) in [4.78, 5) is 14.1. The number of piperidine rings is 1. The Balaban J connectivity index is 1.92. The summed E-state index contributed by atoms with van der Waals surface area (Å²) in [6.07, 6.45) is 2.16. The monoisotopic (exact) mass is 211 g/mol. The first kappa shape index (κ1) is 10.9. The van der Waals surface area contributed by atoms with Crippen LogP contribution in [0.3, 0.4) is 0 Å². The lowest BCUT2D eigenvalue weighted by Gasteiger charge is -2.39. The van der Waals surface area contributed by atoms with Crippen molar-refractivity contribution in [1.29, 1.82) is 0 Å². The summed E-state index contributed by atoms with van der Waals surface area (Å²) in [7, 11) is 1.94. The molecule has 0 aromatic rings. The van der Waals surface area contributed by atoms with Crippen molar-refractivity contribution in [2.45, 2.75) is 31.8 Å². The van der Waals surface area contributed by atoms with E-state index in [-0.39, 0.29) is 5.92 Å². The van der Waals surface area contributed by atoms with Crippen LogP contribution in [0.4, 0.5) is 0 Å². The molecule has 2 fully saturated rings. The van der Waals surface area contributed by atoms with Gasteiger partial charge in [0.25, 0.3) is 0 Å². The van der Waals surface area contributed by atoms with Crippen LogP contribution in [-0.2, 0) is 4.79 Å². The number of rotatable bonds is 2. The SMILES string of the molecule is C[C@H]1NCCC[C@H]1C(=O)N(C)C1CNC1. The second-order valence-corrected chi connectivity index (χ2v) is 4.75. The van der Waals surface area contributed by atoms with E-state index >= 15 is 0 Å². The molecule has 1 amide bonds. The Labute approximate surface area is 91.4 Å². The molecule has 0 aromatic carbocycles. The van der Waals surface area contributed by atoms with Gasteiger partial charge in [0.15, 0.2) is 0 Å². The maximum Gasteiger partial charge on any atom is 0.227 e. The van der Waals surface area contributed by atoms with Gasteiger partial charge in [-0.2, -0.15) is 0 Å². The zero-order chi connectivity index (χ0) is 10.8. The van der Waals surface area contributed by atoms with Crippen LogP contribution in [-0.4, -0.2) is 49.6 Å². The molecule has 2 heterocycles. The van der Waals surface area contributed by atoms with Gasteiger partial charge in [-0.1, -0.05) is 0 Å². The molecule has 4 heteroatoms. The van der Waals surface area contributed by atoms with E-state index in [4.69, 9.17) is 0 Å². The molecule has 0 saturated carbocycles. The van der Waals surface area contributed by atoms with E-state index in [0.29, 0.717) is 18.0 Å². The lowest BCUT2D eigenvalue weighted by Crippen LogP contribution is -2.60. The first-order chi connectivity index (χ1) is 7.20. The number of nitrogens with one attached hydrogen (secondary N) is 2. The zero-order valence-corrected chi connectivity index (χ0v) is 9.62. The van der Waals surface area contributed by atoms with Gasteiger partial charge < -0.3 is 15.5 Å². The highest BCUT2D eigenvalue weighted by molar-refractivity contribution is 5.79. The van der Waals surface area contributed by atoms with Crippen molar-refractivity contribution in [3.8, 4) is 0 Å². The largest absolute Gasteiger partial charge is 0.340 e. The molecule has 2 aliphatic heterocycles. The highest BCUT2D eigenvalue weighted by atomic mass is 16.2. The fourth-order valence-corrected chi connectivity index (χ4v) is 2.37. The zero-order valence-electron chi connectivity index (χ0n) is 9.62. The Hall–Kier alpha value is -0.610. The highest BCUT2D eigenvalue weighted by Gasteiger charge is 2.33. The maximum absolute atomic E-state index is 12.2. The molecule has 0 bridgehead atoms. The minimum atomic E-state index is 0.185. The quantitative estimate of drug-likeness (QED) is 0.665. The number of amides is 1. The summed E-state index contributed by atoms with van der Waals surface area (Å²) in [5, 5.41) is 6.58. The Morgan fingerprint density at radius 3 is 2.67 bits per heavy atom. The van der Waals surface area contributed by atoms with Gasteiger partial charge in [0.05, 0.1) is 12.0 Å². The van der Waals surface area contributed by atoms with E-state index < -0.39 is 0 Å². The van der Waals surface area contributed by atoms with Crippen LogP contribution in [0.5, 0.6) is 0 Å². The van der Waals surface area contributed by atoms with Gasteiger partial charge in [0.1, 0.15) is 0 Å². The van der Waals surface area contributed by atoms with Crippen LogP contribution in [0.2, 0.25) is 0 Å². The summed E-state index contributed by atoms with van der Waals surface area (Å²) in [6.45, 7) is 5.09. The van der Waals surface area contributed by atoms with E-state index in [1.807, 2.05) is 11.9 Å². The first-order valence-electron chi connectivity index (χ1n) is 5.91. The average molecular weight is 211 g/mol. The van der Waals surface area contributed by atoms with Crippen molar-refractivity contribution in [2.75, 3.05) is 26.7 Å². The van der Waals surface area contributed by atoms with E-state index in [0.717, 1.165) is 32.5 Å². The molecular weight excluding hydrogens is 190 g/mol. The number of nitrogens with zero attached hydrogens (tertiary/aromatic N) is 1. The molecule has 0 radical (unpaired) electrons. The summed E-state index contributed by atoms with van der Waals surface area (Å²) in [5.74, 6) is 0.505. The van der Waals surface area contributed by atoms with E-state index in [2.05, 4.69) is 17.6 Å². The number of likely N-dealkylation sites (N-methyl/N-ethyl adjacent to an activating group) is 1. The van der Waals surface area contributed by atoms with Crippen LogP contribution < -0.4 is 10.6 Å². The fraction of sp³-hybridized carbons (Fsp3) is 0.909. The Bertz CT molecular complexity index is 240. The van der Waals surface area contributed by atoms with Gasteiger partial charge in [-0.05, 0) is 26.3 Å². The second kappa shape index (κ2) is 4.49. The third-order valence-electron chi connectivity index (χ3n) is 3.73. The predicted molar refractivity (Wildman–Crippen MR) is 59.6 cm³/mol. The summed E-state index contributed by atoms with van der Waals surface area (Å²) in [5.41, 5.74) is 0. The summed E-state index contributed by atoms with van der Waals surface area (Å²) >= 11 is 0. The van der Waals surface area contributed by atoms with Gasteiger partial charge in [-0.25, -0.2) is 0 Å². The normalized spacial score (nSPS) is 32.1. The fourth-order valence-electron chi connectivity index (χ4n) is 2.37. The molecule has 0 unspecified atom stereocenters. The number of hydrogen-bond acceptors (Lipinski definition) is 3. The Morgan fingerprint density at radius 1 is 1.40 bits per heavy atom. The molecule has 86 valence electrons. The van der Waals surface area contributed by atoms with Crippen LogP contribution in [0, 0.1) is 5.92 Å². The van der Waals surface area contributed by atoms with Crippen LogP contribution >= 0.6 is 0 Å². The molecule has 0 spiro atoms. The Kier molecular flexibility index (Phi) is 3.26. The Morgan fingerprint density at radius 2 is 2.13 bits per heavy atom. The van der Waals surface area contributed by atoms with Crippen LogP contribution in [0.25, 0.3) is 0 Å². The molecule has 4 nitrogen and oxygen atoms in total. The van der Waals surface area contributed by atoms with Gasteiger partial charge >= 0.3 is 0 Å². The lowest BCUT2D eigenvalue weighted by atomic mass is 9.90. The van der Waals surface area contributed by atoms with Crippen molar-refractivity contribution in [1.82, 2.24) is 15.5 Å². The van der Waals surface area contributed by atoms with Crippen LogP contribution in [0.1, 0.15) is 19.8 Å². The van der Waals surface area contributed by atoms with Crippen molar-refractivity contribution < 1.29 is 4.79 Å². The molecule has 2 rings (SSSR count). The van der Waals surface area contributed by atoms with E-state index in [9.17, 15) is 4.79 Å². The second-order valence-electron chi connectivity index (χ2n) is 4.75. The number of carbonyl (C=O) groups excluding carboxylic acids is 1. The van der Waals surface area contributed by atoms with Crippen molar-refractivity contribution in [3.63, 3.8) is 0 Å². The first-order valence-corrected chi connectivity index (χ1v) is 5.91. The minimum Gasteiger partial charge on any atom is -0.340 e. The summed E-state index contributed by atoms with van der Waals surface area (Å²) < 4.78 is 0. The van der Waals surface area contributed by atoms with Gasteiger partial charge in [0, 0.05) is 26.2 Å². The van der Waals surface area contributed by atoms with Gasteiger partial charge in [0.2, 0.25) is 5.91 Å². The third kappa shape index (κ3) is 2.16. The molecule has 15 heavy (non-hydrogen) atoms.